The van der Waals surface area contributed by atoms with Crippen molar-refractivity contribution in [3.63, 3.8) is 0 Å². The van der Waals surface area contributed by atoms with E-state index in [1.807, 2.05) is 32.0 Å². The zero-order valence-corrected chi connectivity index (χ0v) is 15.5. The molecule has 6 heteroatoms. The number of carbonyl (C=O) groups excluding carboxylic acids is 1. The highest BCUT2D eigenvalue weighted by molar-refractivity contribution is 7.89. The van der Waals surface area contributed by atoms with Crippen LogP contribution in [0.5, 0.6) is 0 Å². The Balaban J connectivity index is 2.57. The van der Waals surface area contributed by atoms with E-state index in [2.05, 4.69) is 23.3 Å². The maximum absolute atomic E-state index is 12.6. The minimum absolute atomic E-state index is 0.197. The van der Waals surface area contributed by atoms with E-state index < -0.39 is 16.0 Å². The van der Waals surface area contributed by atoms with Gasteiger partial charge in [0.1, 0.15) is 6.54 Å². The van der Waals surface area contributed by atoms with E-state index in [0.717, 1.165) is 22.3 Å². The van der Waals surface area contributed by atoms with Crippen LogP contribution in [0, 0.1) is 13.8 Å². The summed E-state index contributed by atoms with van der Waals surface area (Å²) in [5.41, 5.74) is 4.53. The summed E-state index contributed by atoms with van der Waals surface area (Å²) >= 11 is 0. The molecular weight excluding hydrogens is 326 g/mol. The fourth-order valence-electron chi connectivity index (χ4n) is 2.66. The summed E-state index contributed by atoms with van der Waals surface area (Å²) in [4.78, 5) is 11.4. The Labute approximate surface area is 143 Å². The monoisotopic (exact) mass is 349 g/mol. The van der Waals surface area contributed by atoms with Crippen LogP contribution < -0.4 is 4.72 Å². The molecule has 0 aromatic carbocycles. The van der Waals surface area contributed by atoms with Crippen molar-refractivity contribution in [2.24, 2.45) is 0 Å². The average Bonchev–Trinajstić information content (AvgIpc) is 2.75. The Hall–Kier alpha value is -1.92. The van der Waals surface area contributed by atoms with E-state index in [1.165, 1.54) is 7.11 Å². The van der Waals surface area contributed by atoms with Gasteiger partial charge in [0.2, 0.25) is 10.0 Å². The van der Waals surface area contributed by atoms with Crippen molar-refractivity contribution < 1.29 is 17.9 Å². The standard InChI is InChI=1S/C18H23NO4S/c1-11(2)14-7-6-12(3)18-15(9-14)13(4)8-16(18)24(21,22)19-10-17(20)23-5/h6-9,11,19H,10H2,1-5H3. The molecule has 0 fully saturated rings. The van der Waals surface area contributed by atoms with E-state index in [4.69, 9.17) is 0 Å². The van der Waals surface area contributed by atoms with Gasteiger partial charge in [0, 0.05) is 5.56 Å². The number of hydrogen-bond donors (Lipinski definition) is 1. The Morgan fingerprint density at radius 3 is 2.42 bits per heavy atom. The summed E-state index contributed by atoms with van der Waals surface area (Å²) < 4.78 is 32.1. The van der Waals surface area contributed by atoms with Crippen molar-refractivity contribution in [1.82, 2.24) is 4.72 Å². The number of rotatable bonds is 5. The fraction of sp³-hybridized carbons (Fsp3) is 0.389. The van der Waals surface area contributed by atoms with Gasteiger partial charge in [-0.25, -0.2) is 8.42 Å². The largest absolute Gasteiger partial charge is 0.468 e. The minimum atomic E-state index is -3.81. The maximum atomic E-state index is 12.6. The van der Waals surface area contributed by atoms with Gasteiger partial charge in [-0.3, -0.25) is 4.79 Å². The smallest absolute Gasteiger partial charge is 0.320 e. The summed E-state index contributed by atoms with van der Waals surface area (Å²) in [5.74, 6) is -0.290. The first-order valence-corrected chi connectivity index (χ1v) is 9.26. The lowest BCUT2D eigenvalue weighted by Crippen LogP contribution is -2.30. The van der Waals surface area contributed by atoms with Gasteiger partial charge in [-0.2, -0.15) is 4.72 Å². The number of fused-ring (bicyclic) bond motifs is 1. The molecule has 0 unspecified atom stereocenters. The van der Waals surface area contributed by atoms with E-state index in [0.29, 0.717) is 11.5 Å². The first-order valence-electron chi connectivity index (χ1n) is 7.77. The molecule has 24 heavy (non-hydrogen) atoms. The van der Waals surface area contributed by atoms with Crippen molar-refractivity contribution >= 4 is 16.0 Å². The number of methoxy groups -OCH3 is 1. The van der Waals surface area contributed by atoms with Crippen molar-refractivity contribution in [3.8, 4) is 11.1 Å². The van der Waals surface area contributed by atoms with Gasteiger partial charge in [-0.15, -0.1) is 0 Å². The molecule has 0 saturated carbocycles. The Kier molecular flexibility index (Phi) is 5.30. The number of hydrogen-bond acceptors (Lipinski definition) is 4. The third-order valence-electron chi connectivity index (χ3n) is 4.11. The number of esters is 1. The molecule has 0 aliphatic heterocycles. The van der Waals surface area contributed by atoms with Gasteiger partial charge in [-0.1, -0.05) is 32.0 Å². The summed E-state index contributed by atoms with van der Waals surface area (Å²) in [6.45, 7) is 7.60. The third kappa shape index (κ3) is 3.60. The Bertz CT molecular complexity index is 840. The first kappa shape index (κ1) is 18.4. The summed E-state index contributed by atoms with van der Waals surface area (Å²) in [5, 5.41) is 0. The highest BCUT2D eigenvalue weighted by Gasteiger charge is 2.26. The van der Waals surface area contributed by atoms with Gasteiger partial charge in [0.15, 0.2) is 0 Å². The molecule has 0 bridgehead atoms. The zero-order chi connectivity index (χ0) is 18.1. The molecular formula is C18H23NO4S. The van der Waals surface area contributed by atoms with Gasteiger partial charge in [-0.05, 0) is 48.1 Å². The van der Waals surface area contributed by atoms with Crippen LogP contribution in [-0.2, 0) is 19.6 Å². The van der Waals surface area contributed by atoms with E-state index >= 15 is 0 Å². The highest BCUT2D eigenvalue weighted by atomic mass is 32.2. The normalized spacial score (nSPS) is 11.9. The van der Waals surface area contributed by atoms with Crippen LogP contribution in [0.3, 0.4) is 0 Å². The fourth-order valence-corrected chi connectivity index (χ4v) is 4.00. The lowest BCUT2D eigenvalue weighted by atomic mass is 10.0. The minimum Gasteiger partial charge on any atom is -0.468 e. The number of nitrogens with one attached hydrogen (secondary N) is 1. The lowest BCUT2D eigenvalue weighted by molar-refractivity contribution is -0.139. The predicted octanol–water partition coefficient (Wildman–Crippen LogP) is 2.98. The number of sulfonamides is 1. The second kappa shape index (κ2) is 6.91. The molecule has 0 aromatic rings. The Morgan fingerprint density at radius 1 is 1.17 bits per heavy atom. The average molecular weight is 349 g/mol. The summed E-state index contributed by atoms with van der Waals surface area (Å²) in [7, 11) is -2.59. The molecule has 0 radical (unpaired) electrons. The van der Waals surface area contributed by atoms with Crippen LogP contribution in [0.25, 0.3) is 11.1 Å². The molecule has 0 aromatic heterocycles. The van der Waals surface area contributed by atoms with Gasteiger partial charge in [0.05, 0.1) is 12.0 Å². The van der Waals surface area contributed by atoms with Crippen LogP contribution in [-0.4, -0.2) is 28.0 Å². The van der Waals surface area contributed by atoms with Crippen molar-refractivity contribution in [3.05, 3.63) is 41.0 Å². The molecule has 5 nitrogen and oxygen atoms in total. The van der Waals surface area contributed by atoms with Crippen LogP contribution in [0.15, 0.2) is 29.2 Å². The first-order chi connectivity index (χ1) is 11.2. The molecule has 2 rings (SSSR count). The second-order valence-electron chi connectivity index (χ2n) is 6.20. The molecule has 0 amide bonds. The second-order valence-corrected chi connectivity index (χ2v) is 7.93. The van der Waals surface area contributed by atoms with Crippen molar-refractivity contribution in [1.29, 1.82) is 0 Å². The van der Waals surface area contributed by atoms with Crippen LogP contribution >= 0.6 is 0 Å². The molecule has 2 aliphatic carbocycles. The number of aryl methyl sites for hydroxylation is 2. The van der Waals surface area contributed by atoms with Gasteiger partial charge < -0.3 is 4.74 Å². The third-order valence-corrected chi connectivity index (χ3v) is 5.54. The number of ether oxygens (including phenoxy) is 1. The molecule has 0 spiro atoms. The van der Waals surface area contributed by atoms with E-state index in [9.17, 15) is 13.2 Å². The highest BCUT2D eigenvalue weighted by Crippen LogP contribution is 2.38. The SMILES string of the molecule is COC(=O)CNS(=O)(=O)c1cc(C)c2cc(C(C)C)ccc(C)c1-2. The Morgan fingerprint density at radius 2 is 1.83 bits per heavy atom. The zero-order valence-electron chi connectivity index (χ0n) is 14.6. The quantitative estimate of drug-likeness (QED) is 0.842. The summed E-state index contributed by atoms with van der Waals surface area (Å²) in [6, 6.07) is 7.66. The molecule has 0 saturated heterocycles. The molecule has 0 heterocycles. The molecule has 2 aliphatic rings. The molecule has 130 valence electrons. The van der Waals surface area contributed by atoms with Gasteiger partial charge in [0.25, 0.3) is 0 Å². The van der Waals surface area contributed by atoms with E-state index in [1.54, 1.807) is 6.07 Å². The van der Waals surface area contributed by atoms with Gasteiger partial charge >= 0.3 is 5.97 Å². The topological polar surface area (TPSA) is 72.5 Å². The van der Waals surface area contributed by atoms with Crippen molar-refractivity contribution in [2.75, 3.05) is 13.7 Å². The molecule has 0 atom stereocenters. The van der Waals surface area contributed by atoms with Crippen LogP contribution in [0.2, 0.25) is 0 Å². The summed E-state index contributed by atoms with van der Waals surface area (Å²) in [6.07, 6.45) is 0. The molecule has 1 N–H and O–H groups in total. The number of carbonyl (C=O) groups is 1. The lowest BCUT2D eigenvalue weighted by Gasteiger charge is -2.08. The maximum Gasteiger partial charge on any atom is 0.320 e. The van der Waals surface area contributed by atoms with E-state index in [-0.39, 0.29) is 11.4 Å². The van der Waals surface area contributed by atoms with Crippen LogP contribution in [0.1, 0.15) is 36.5 Å². The van der Waals surface area contributed by atoms with Crippen LogP contribution in [0.4, 0.5) is 0 Å². The van der Waals surface area contributed by atoms with Crippen molar-refractivity contribution in [2.45, 2.75) is 38.5 Å². The predicted molar refractivity (Wildman–Crippen MR) is 93.8 cm³/mol.